The molecule has 4 nitrogen and oxygen atoms in total. The maximum atomic E-state index is 11.3. The highest BCUT2D eigenvalue weighted by atomic mass is 35.5. The lowest BCUT2D eigenvalue weighted by molar-refractivity contribution is 0.566. The molecule has 0 unspecified atom stereocenters. The third kappa shape index (κ3) is 3.70. The molecule has 0 saturated heterocycles. The summed E-state index contributed by atoms with van der Waals surface area (Å²) in [6.07, 6.45) is 7.22. The first-order valence-corrected chi connectivity index (χ1v) is 5.63. The van der Waals surface area contributed by atoms with Gasteiger partial charge in [-0.3, -0.25) is 14.3 Å². The Labute approximate surface area is 98.6 Å². The summed E-state index contributed by atoms with van der Waals surface area (Å²) in [6.45, 7) is 4.22. The maximum Gasteiger partial charge on any atom is 0.328 e. The number of unbranched alkanes of at least 4 members (excludes halogenated alkanes) is 3. The van der Waals surface area contributed by atoms with Crippen LogP contribution in [0.3, 0.4) is 0 Å². The number of rotatable bonds is 6. The number of aryl methyl sites for hydroxylation is 1. The van der Waals surface area contributed by atoms with Crippen molar-refractivity contribution in [3.63, 3.8) is 0 Å². The molecule has 0 fully saturated rings. The molecule has 1 rings (SSSR count). The van der Waals surface area contributed by atoms with Gasteiger partial charge in [0.2, 0.25) is 0 Å². The van der Waals surface area contributed by atoms with Crippen LogP contribution in [0.1, 0.15) is 25.7 Å². The largest absolute Gasteiger partial charge is 0.328 e. The van der Waals surface area contributed by atoms with Crippen molar-refractivity contribution in [2.75, 3.05) is 0 Å². The number of aromatic nitrogens is 2. The Morgan fingerprint density at radius 2 is 2.12 bits per heavy atom. The third-order valence-electron chi connectivity index (χ3n) is 2.27. The topological polar surface area (TPSA) is 54.9 Å². The first-order chi connectivity index (χ1) is 7.65. The Morgan fingerprint density at radius 3 is 2.81 bits per heavy atom. The molecule has 1 aromatic heterocycles. The van der Waals surface area contributed by atoms with Crippen molar-refractivity contribution in [2.24, 2.45) is 0 Å². The molecule has 88 valence electrons. The quantitative estimate of drug-likeness (QED) is 0.612. The second kappa shape index (κ2) is 6.33. The predicted molar refractivity (Wildman–Crippen MR) is 65.0 cm³/mol. The van der Waals surface area contributed by atoms with Crippen LogP contribution in [0.25, 0.3) is 0 Å². The normalized spacial score (nSPS) is 10.3. The van der Waals surface area contributed by atoms with E-state index in [1.807, 2.05) is 6.08 Å². The number of hydrogen-bond donors (Lipinski definition) is 1. The summed E-state index contributed by atoms with van der Waals surface area (Å²) in [6, 6.07) is 0. The van der Waals surface area contributed by atoms with Crippen LogP contribution in [0, 0.1) is 0 Å². The highest BCUT2D eigenvalue weighted by Gasteiger charge is 2.01. The van der Waals surface area contributed by atoms with Gasteiger partial charge in [0.05, 0.1) is 0 Å². The average molecular weight is 243 g/mol. The lowest BCUT2D eigenvalue weighted by atomic mass is 10.2. The van der Waals surface area contributed by atoms with Gasteiger partial charge in [-0.2, -0.15) is 0 Å². The van der Waals surface area contributed by atoms with Crippen LogP contribution < -0.4 is 11.2 Å². The fraction of sp³-hybridized carbons (Fsp3) is 0.455. The van der Waals surface area contributed by atoms with Crippen LogP contribution in [-0.2, 0) is 6.54 Å². The molecule has 0 aliphatic rings. The lowest BCUT2D eigenvalue weighted by Crippen LogP contribution is -2.29. The molecule has 0 spiro atoms. The fourth-order valence-corrected chi connectivity index (χ4v) is 1.56. The van der Waals surface area contributed by atoms with Crippen molar-refractivity contribution >= 4 is 11.6 Å². The van der Waals surface area contributed by atoms with Crippen LogP contribution >= 0.6 is 11.6 Å². The average Bonchev–Trinajstić information content (AvgIpc) is 2.25. The molecule has 0 aliphatic carbocycles. The SMILES string of the molecule is C=CCCCCCn1cc(Cl)c(=O)[nH]c1=O. The molecule has 0 saturated carbocycles. The van der Waals surface area contributed by atoms with Gasteiger partial charge in [-0.1, -0.05) is 24.1 Å². The lowest BCUT2D eigenvalue weighted by Gasteiger charge is -2.04. The third-order valence-corrected chi connectivity index (χ3v) is 2.54. The summed E-state index contributed by atoms with van der Waals surface area (Å²) >= 11 is 5.63. The molecular formula is C11H15ClN2O2. The van der Waals surface area contributed by atoms with Gasteiger partial charge in [-0.05, 0) is 19.3 Å². The summed E-state index contributed by atoms with van der Waals surface area (Å²) in [5.74, 6) is 0. The monoisotopic (exact) mass is 242 g/mol. The predicted octanol–water partition coefficient (Wildman–Crippen LogP) is 1.94. The van der Waals surface area contributed by atoms with Crippen molar-refractivity contribution in [3.8, 4) is 0 Å². The smallest absolute Gasteiger partial charge is 0.299 e. The number of allylic oxidation sites excluding steroid dienone is 1. The first-order valence-electron chi connectivity index (χ1n) is 5.25. The number of nitrogens with zero attached hydrogens (tertiary/aromatic N) is 1. The highest BCUT2D eigenvalue weighted by molar-refractivity contribution is 6.30. The minimum atomic E-state index is -0.533. The van der Waals surface area contributed by atoms with Crippen molar-refractivity contribution in [3.05, 3.63) is 44.7 Å². The Kier molecular flexibility index (Phi) is 5.05. The van der Waals surface area contributed by atoms with E-state index in [0.29, 0.717) is 6.54 Å². The van der Waals surface area contributed by atoms with Gasteiger partial charge in [0.15, 0.2) is 0 Å². The van der Waals surface area contributed by atoms with Crippen molar-refractivity contribution < 1.29 is 0 Å². The van der Waals surface area contributed by atoms with Gasteiger partial charge in [0.25, 0.3) is 5.56 Å². The molecule has 0 atom stereocenters. The molecule has 1 aromatic rings. The van der Waals surface area contributed by atoms with E-state index in [9.17, 15) is 9.59 Å². The van der Waals surface area contributed by atoms with E-state index in [2.05, 4.69) is 11.6 Å². The summed E-state index contributed by atoms with van der Waals surface area (Å²) in [5, 5.41) is 0.0469. The van der Waals surface area contributed by atoms with Crippen LogP contribution in [0.4, 0.5) is 0 Å². The molecule has 0 bridgehead atoms. The first kappa shape index (κ1) is 12.8. The molecule has 0 aliphatic heterocycles. The van der Waals surface area contributed by atoms with E-state index >= 15 is 0 Å². The molecule has 0 amide bonds. The van der Waals surface area contributed by atoms with Gasteiger partial charge < -0.3 is 0 Å². The van der Waals surface area contributed by atoms with Crippen LogP contribution in [0.15, 0.2) is 28.4 Å². The minimum Gasteiger partial charge on any atom is -0.299 e. The maximum absolute atomic E-state index is 11.3. The van der Waals surface area contributed by atoms with Crippen molar-refractivity contribution in [2.45, 2.75) is 32.2 Å². The number of halogens is 1. The van der Waals surface area contributed by atoms with Gasteiger partial charge in [-0.15, -0.1) is 6.58 Å². The van der Waals surface area contributed by atoms with Crippen LogP contribution in [0.5, 0.6) is 0 Å². The van der Waals surface area contributed by atoms with Crippen LogP contribution in [0.2, 0.25) is 5.02 Å². The van der Waals surface area contributed by atoms with E-state index in [1.54, 1.807) is 0 Å². The van der Waals surface area contributed by atoms with E-state index in [4.69, 9.17) is 11.6 Å². The van der Waals surface area contributed by atoms with E-state index in [0.717, 1.165) is 25.7 Å². The van der Waals surface area contributed by atoms with Crippen LogP contribution in [-0.4, -0.2) is 9.55 Å². The molecule has 0 aromatic carbocycles. The summed E-state index contributed by atoms with van der Waals surface area (Å²) in [7, 11) is 0. The second-order valence-corrected chi connectivity index (χ2v) is 3.97. The molecular weight excluding hydrogens is 228 g/mol. The van der Waals surface area contributed by atoms with Gasteiger partial charge >= 0.3 is 5.69 Å². The Balaban J connectivity index is 2.54. The Bertz CT molecular complexity index is 462. The van der Waals surface area contributed by atoms with E-state index < -0.39 is 11.2 Å². The molecule has 1 heterocycles. The minimum absolute atomic E-state index is 0.0469. The van der Waals surface area contributed by atoms with E-state index in [-0.39, 0.29) is 5.02 Å². The molecule has 16 heavy (non-hydrogen) atoms. The van der Waals surface area contributed by atoms with Gasteiger partial charge in [0, 0.05) is 12.7 Å². The fourth-order valence-electron chi connectivity index (χ4n) is 1.40. The molecule has 1 N–H and O–H groups in total. The summed E-state index contributed by atoms with van der Waals surface area (Å²) in [4.78, 5) is 24.5. The number of H-pyrrole nitrogens is 1. The van der Waals surface area contributed by atoms with Crippen molar-refractivity contribution in [1.82, 2.24) is 9.55 Å². The number of aromatic amines is 1. The zero-order valence-corrected chi connectivity index (χ0v) is 9.79. The molecule has 0 radical (unpaired) electrons. The standard InChI is InChI=1S/C11H15ClN2O2/c1-2-3-4-5-6-7-14-8-9(12)10(15)13-11(14)16/h2,8H,1,3-7H2,(H,13,15,16). The number of hydrogen-bond acceptors (Lipinski definition) is 2. The Morgan fingerprint density at radius 1 is 1.38 bits per heavy atom. The zero-order chi connectivity index (χ0) is 12.0. The zero-order valence-electron chi connectivity index (χ0n) is 9.04. The second-order valence-electron chi connectivity index (χ2n) is 3.57. The van der Waals surface area contributed by atoms with Gasteiger partial charge in [0.1, 0.15) is 5.02 Å². The van der Waals surface area contributed by atoms with Crippen molar-refractivity contribution in [1.29, 1.82) is 0 Å². The molecule has 5 heteroatoms. The summed E-state index contributed by atoms with van der Waals surface area (Å²) < 4.78 is 1.43. The van der Waals surface area contributed by atoms with E-state index in [1.165, 1.54) is 10.8 Å². The van der Waals surface area contributed by atoms with Gasteiger partial charge in [-0.25, -0.2) is 4.79 Å². The summed E-state index contributed by atoms with van der Waals surface area (Å²) in [5.41, 5.74) is -0.937. The highest BCUT2D eigenvalue weighted by Crippen LogP contribution is 2.02. The Hall–Kier alpha value is -1.29. The number of nitrogens with one attached hydrogen (secondary N) is 1.